The fourth-order valence-electron chi connectivity index (χ4n) is 2.49. The summed E-state index contributed by atoms with van der Waals surface area (Å²) in [5, 5.41) is 7.41. The van der Waals surface area contributed by atoms with Crippen LogP contribution >= 0.6 is 0 Å². The molecule has 0 amide bonds. The average molecular weight is 249 g/mol. The van der Waals surface area contributed by atoms with Gasteiger partial charge in [-0.15, -0.1) is 5.10 Å². The zero-order chi connectivity index (χ0) is 13.0. The molecule has 5 nitrogen and oxygen atoms in total. The highest BCUT2D eigenvalue weighted by molar-refractivity contribution is 6.09. The van der Waals surface area contributed by atoms with Gasteiger partial charge in [-0.25, -0.2) is 4.98 Å². The summed E-state index contributed by atoms with van der Waals surface area (Å²) >= 11 is 0. The van der Waals surface area contributed by atoms with Crippen LogP contribution in [0.3, 0.4) is 0 Å². The van der Waals surface area contributed by atoms with Gasteiger partial charge in [0.25, 0.3) is 0 Å². The quantitative estimate of drug-likeness (QED) is 0.485. The maximum atomic E-state index is 5.69. The largest absolute Gasteiger partial charge is 0.366 e. The van der Waals surface area contributed by atoms with Gasteiger partial charge in [0.05, 0.1) is 5.52 Å². The minimum Gasteiger partial charge on any atom is -0.366 e. The molecule has 0 aliphatic rings. The summed E-state index contributed by atoms with van der Waals surface area (Å²) in [5.41, 5.74) is 7.39. The van der Waals surface area contributed by atoms with Crippen molar-refractivity contribution < 1.29 is 0 Å². The molecule has 4 rings (SSSR count). The monoisotopic (exact) mass is 249 g/mol. The van der Waals surface area contributed by atoms with Crippen molar-refractivity contribution in [3.63, 3.8) is 0 Å². The molecule has 0 unspecified atom stereocenters. The number of nitrogen functional groups attached to an aromatic ring is 1. The lowest BCUT2D eigenvalue weighted by Gasteiger charge is -2.05. The summed E-state index contributed by atoms with van der Waals surface area (Å²) in [5.74, 6) is 1.05. The van der Waals surface area contributed by atoms with E-state index in [1.807, 2.05) is 25.1 Å². The van der Waals surface area contributed by atoms with E-state index in [-0.39, 0.29) is 5.95 Å². The Bertz CT molecular complexity index is 939. The summed E-state index contributed by atoms with van der Waals surface area (Å²) in [7, 11) is 0. The number of nitrogens with two attached hydrogens (primary N) is 1. The van der Waals surface area contributed by atoms with E-state index >= 15 is 0 Å². The Labute approximate surface area is 108 Å². The second-order valence-corrected chi connectivity index (χ2v) is 4.55. The fourth-order valence-corrected chi connectivity index (χ4v) is 2.49. The smallest absolute Gasteiger partial charge is 0.240 e. The van der Waals surface area contributed by atoms with Crippen LogP contribution in [0.5, 0.6) is 0 Å². The van der Waals surface area contributed by atoms with Gasteiger partial charge < -0.3 is 5.73 Å². The summed E-state index contributed by atoms with van der Waals surface area (Å²) in [6.07, 6.45) is 0. The van der Waals surface area contributed by atoms with Crippen LogP contribution in [0.1, 0.15) is 5.82 Å². The number of hydrogen-bond donors (Lipinski definition) is 1. The molecule has 0 fully saturated rings. The lowest BCUT2D eigenvalue weighted by Crippen LogP contribution is -1.99. The summed E-state index contributed by atoms with van der Waals surface area (Å²) in [6, 6.07) is 12.3. The molecular formula is C14H11N5. The molecular weight excluding hydrogens is 238 g/mol. The van der Waals surface area contributed by atoms with Gasteiger partial charge in [-0.1, -0.05) is 30.3 Å². The van der Waals surface area contributed by atoms with Crippen LogP contribution in [-0.2, 0) is 0 Å². The molecule has 0 radical (unpaired) electrons. The Morgan fingerprint density at radius 1 is 1.00 bits per heavy atom. The number of benzene rings is 2. The molecule has 4 aromatic rings. The first-order valence-electron chi connectivity index (χ1n) is 6.04. The first-order valence-corrected chi connectivity index (χ1v) is 6.04. The van der Waals surface area contributed by atoms with Gasteiger partial charge in [0, 0.05) is 10.8 Å². The second-order valence-electron chi connectivity index (χ2n) is 4.55. The Hall–Kier alpha value is -2.69. The molecule has 0 saturated carbocycles. The van der Waals surface area contributed by atoms with Gasteiger partial charge in [0.2, 0.25) is 5.95 Å². The molecule has 92 valence electrons. The maximum absolute atomic E-state index is 5.69. The molecule has 2 aromatic carbocycles. The molecule has 0 atom stereocenters. The second kappa shape index (κ2) is 3.41. The molecule has 0 bridgehead atoms. The Balaban J connectivity index is 2.33. The van der Waals surface area contributed by atoms with Crippen molar-refractivity contribution in [1.29, 1.82) is 0 Å². The SMILES string of the molecule is Cc1nc2c3ccccc3ccc2c2nc(N)nn12. The average Bonchev–Trinajstić information content (AvgIpc) is 2.81. The van der Waals surface area contributed by atoms with E-state index in [9.17, 15) is 0 Å². The maximum Gasteiger partial charge on any atom is 0.240 e. The molecule has 0 aliphatic heterocycles. The standard InChI is InChI=1S/C14H11N5/c1-8-16-12-10-5-3-2-4-9(10)6-7-11(12)13-17-14(15)18-19(8)13/h2-7H,1H3,(H2,15,18). The van der Waals surface area contributed by atoms with E-state index in [0.29, 0.717) is 0 Å². The van der Waals surface area contributed by atoms with Crippen LogP contribution in [0.2, 0.25) is 0 Å². The number of hydrogen-bond acceptors (Lipinski definition) is 4. The van der Waals surface area contributed by atoms with Gasteiger partial charge in [-0.2, -0.15) is 9.50 Å². The van der Waals surface area contributed by atoms with Crippen molar-refractivity contribution in [2.24, 2.45) is 0 Å². The van der Waals surface area contributed by atoms with Crippen molar-refractivity contribution in [2.45, 2.75) is 6.92 Å². The molecule has 2 aromatic heterocycles. The van der Waals surface area contributed by atoms with E-state index in [1.165, 1.54) is 5.39 Å². The normalized spacial score (nSPS) is 11.6. The third kappa shape index (κ3) is 1.32. The minimum absolute atomic E-state index is 0.269. The molecule has 2 heterocycles. The van der Waals surface area contributed by atoms with E-state index < -0.39 is 0 Å². The minimum atomic E-state index is 0.269. The summed E-state index contributed by atoms with van der Waals surface area (Å²) in [6.45, 7) is 1.91. The highest BCUT2D eigenvalue weighted by Crippen LogP contribution is 2.26. The molecule has 0 spiro atoms. The topological polar surface area (TPSA) is 69.1 Å². The van der Waals surface area contributed by atoms with Crippen molar-refractivity contribution in [1.82, 2.24) is 19.6 Å². The van der Waals surface area contributed by atoms with Crippen LogP contribution in [-0.4, -0.2) is 19.6 Å². The number of rotatable bonds is 0. The van der Waals surface area contributed by atoms with Crippen molar-refractivity contribution in [3.05, 3.63) is 42.2 Å². The van der Waals surface area contributed by atoms with E-state index in [2.05, 4.69) is 33.3 Å². The fraction of sp³-hybridized carbons (Fsp3) is 0.0714. The van der Waals surface area contributed by atoms with Crippen LogP contribution in [0.4, 0.5) is 5.95 Å². The highest BCUT2D eigenvalue weighted by Gasteiger charge is 2.11. The molecule has 5 heteroatoms. The molecule has 0 aliphatic carbocycles. The van der Waals surface area contributed by atoms with E-state index in [4.69, 9.17) is 5.73 Å². The first-order chi connectivity index (χ1) is 9.24. The van der Waals surface area contributed by atoms with Crippen molar-refractivity contribution in [2.75, 3.05) is 5.73 Å². The van der Waals surface area contributed by atoms with Crippen molar-refractivity contribution in [3.8, 4) is 0 Å². The van der Waals surface area contributed by atoms with E-state index in [1.54, 1.807) is 4.52 Å². The predicted molar refractivity (Wildman–Crippen MR) is 74.9 cm³/mol. The lowest BCUT2D eigenvalue weighted by atomic mass is 10.1. The highest BCUT2D eigenvalue weighted by atomic mass is 15.3. The van der Waals surface area contributed by atoms with E-state index in [0.717, 1.165) is 27.8 Å². The van der Waals surface area contributed by atoms with Gasteiger partial charge in [-0.3, -0.25) is 0 Å². The molecule has 0 saturated heterocycles. The van der Waals surface area contributed by atoms with Crippen molar-refractivity contribution >= 4 is 33.3 Å². The predicted octanol–water partition coefficient (Wildman–Crippen LogP) is 2.32. The zero-order valence-electron chi connectivity index (χ0n) is 10.3. The van der Waals surface area contributed by atoms with Crippen LogP contribution in [0.15, 0.2) is 36.4 Å². The van der Waals surface area contributed by atoms with Gasteiger partial charge in [0.1, 0.15) is 5.82 Å². The van der Waals surface area contributed by atoms with Crippen LogP contribution in [0.25, 0.3) is 27.3 Å². The third-order valence-electron chi connectivity index (χ3n) is 3.35. The molecule has 19 heavy (non-hydrogen) atoms. The summed E-state index contributed by atoms with van der Waals surface area (Å²) < 4.78 is 1.69. The van der Waals surface area contributed by atoms with Gasteiger partial charge in [0.15, 0.2) is 5.65 Å². The first kappa shape index (κ1) is 10.3. The Kier molecular flexibility index (Phi) is 1.84. The van der Waals surface area contributed by atoms with Gasteiger partial charge in [-0.05, 0) is 18.4 Å². The summed E-state index contributed by atoms with van der Waals surface area (Å²) in [4.78, 5) is 8.95. The number of aromatic nitrogens is 4. The van der Waals surface area contributed by atoms with Crippen LogP contribution < -0.4 is 5.73 Å². The molecule has 2 N–H and O–H groups in total. The zero-order valence-corrected chi connectivity index (χ0v) is 10.3. The number of fused-ring (bicyclic) bond motifs is 5. The lowest BCUT2D eigenvalue weighted by molar-refractivity contribution is 0.882. The number of anilines is 1. The van der Waals surface area contributed by atoms with Gasteiger partial charge >= 0.3 is 0 Å². The Morgan fingerprint density at radius 2 is 1.84 bits per heavy atom. The Morgan fingerprint density at radius 3 is 2.74 bits per heavy atom. The number of nitrogens with zero attached hydrogens (tertiary/aromatic N) is 4. The third-order valence-corrected chi connectivity index (χ3v) is 3.35. The van der Waals surface area contributed by atoms with Crippen LogP contribution in [0, 0.1) is 6.92 Å². The number of aryl methyl sites for hydroxylation is 1.